The number of likely N-dealkylation sites (tertiary alicyclic amines) is 1. The van der Waals surface area contributed by atoms with Crippen molar-refractivity contribution in [1.82, 2.24) is 9.88 Å². The summed E-state index contributed by atoms with van der Waals surface area (Å²) in [6, 6.07) is 9.07. The fourth-order valence-electron chi connectivity index (χ4n) is 3.25. The number of thiazole rings is 1. The summed E-state index contributed by atoms with van der Waals surface area (Å²) >= 11 is 1.11. The molecule has 9 heteroatoms. The van der Waals surface area contributed by atoms with Gasteiger partial charge in [0.25, 0.3) is 5.19 Å². The molecule has 1 fully saturated rings. The number of methoxy groups -OCH3 is 1. The molecular formula is C20H19F2N3O3S. The number of benzene rings is 2. The Morgan fingerprint density at radius 1 is 1.24 bits per heavy atom. The first-order chi connectivity index (χ1) is 14.0. The minimum atomic E-state index is -0.700. The van der Waals surface area contributed by atoms with Gasteiger partial charge in [-0.1, -0.05) is 23.5 Å². The number of nitrogens with one attached hydrogen (secondary N) is 1. The van der Waals surface area contributed by atoms with Gasteiger partial charge >= 0.3 is 6.03 Å². The number of hydrogen-bond acceptors (Lipinski definition) is 5. The number of carbonyl (C=O) groups excluding carboxylic acids is 1. The zero-order valence-electron chi connectivity index (χ0n) is 15.7. The molecule has 152 valence electrons. The summed E-state index contributed by atoms with van der Waals surface area (Å²) in [4.78, 5) is 18.4. The van der Waals surface area contributed by atoms with Crippen LogP contribution in [0.25, 0.3) is 10.2 Å². The third-order valence-corrected chi connectivity index (χ3v) is 5.63. The Balaban J connectivity index is 1.34. The lowest BCUT2D eigenvalue weighted by Crippen LogP contribution is -2.43. The zero-order valence-corrected chi connectivity index (χ0v) is 16.5. The molecule has 0 aliphatic carbocycles. The second kappa shape index (κ2) is 8.20. The Bertz CT molecular complexity index is 1030. The summed E-state index contributed by atoms with van der Waals surface area (Å²) in [5.41, 5.74) is 0.724. The number of carbonyl (C=O) groups is 1. The lowest BCUT2D eigenvalue weighted by Gasteiger charge is -2.31. The fraction of sp³-hybridized carbons (Fsp3) is 0.300. The van der Waals surface area contributed by atoms with Crippen molar-refractivity contribution in [3.05, 3.63) is 48.0 Å². The van der Waals surface area contributed by atoms with Crippen LogP contribution in [0.3, 0.4) is 0 Å². The Morgan fingerprint density at radius 2 is 2.00 bits per heavy atom. The topological polar surface area (TPSA) is 63.7 Å². The smallest absolute Gasteiger partial charge is 0.321 e. The highest BCUT2D eigenvalue weighted by Gasteiger charge is 2.25. The number of rotatable bonds is 4. The van der Waals surface area contributed by atoms with Crippen molar-refractivity contribution in [3.8, 4) is 10.9 Å². The van der Waals surface area contributed by atoms with E-state index in [1.807, 2.05) is 12.1 Å². The van der Waals surface area contributed by atoms with Gasteiger partial charge in [-0.2, -0.15) is 4.98 Å². The van der Waals surface area contributed by atoms with Crippen molar-refractivity contribution in [2.24, 2.45) is 0 Å². The molecule has 0 spiro atoms. The molecular weight excluding hydrogens is 400 g/mol. The summed E-state index contributed by atoms with van der Waals surface area (Å²) in [6.45, 7) is 1.03. The lowest BCUT2D eigenvalue weighted by atomic mass is 10.1. The highest BCUT2D eigenvalue weighted by molar-refractivity contribution is 7.20. The second-order valence-corrected chi connectivity index (χ2v) is 7.64. The summed E-state index contributed by atoms with van der Waals surface area (Å²) in [6.07, 6.45) is 1.09. The first-order valence-corrected chi connectivity index (χ1v) is 9.96. The lowest BCUT2D eigenvalue weighted by molar-refractivity contribution is 0.115. The monoisotopic (exact) mass is 419 g/mol. The molecule has 0 radical (unpaired) electrons. The van der Waals surface area contributed by atoms with Crippen LogP contribution in [-0.2, 0) is 0 Å². The highest BCUT2D eigenvalue weighted by atomic mass is 32.1. The standard InChI is InChI=1S/C20H19F2N3O3S/c1-27-16-5-3-2-4-15(16)23-19(26)25-8-6-13(7-9-25)28-20-24-18-14(22)10-12(21)11-17(18)29-20/h2-5,10-11,13H,6-9H2,1H3,(H,23,26). The number of hydrogen-bond donors (Lipinski definition) is 1. The van der Waals surface area contributed by atoms with E-state index in [9.17, 15) is 13.6 Å². The van der Waals surface area contributed by atoms with E-state index in [2.05, 4.69) is 10.3 Å². The number of ether oxygens (including phenoxy) is 2. The molecule has 1 aliphatic heterocycles. The molecule has 6 nitrogen and oxygen atoms in total. The van der Waals surface area contributed by atoms with Crippen LogP contribution < -0.4 is 14.8 Å². The Labute approximate surface area is 170 Å². The van der Waals surface area contributed by atoms with E-state index >= 15 is 0 Å². The molecule has 1 saturated heterocycles. The van der Waals surface area contributed by atoms with Crippen molar-refractivity contribution < 1.29 is 23.0 Å². The molecule has 1 aliphatic rings. The SMILES string of the molecule is COc1ccccc1NC(=O)N1CCC(Oc2nc3c(F)cc(F)cc3s2)CC1. The van der Waals surface area contributed by atoms with Crippen LogP contribution in [0, 0.1) is 11.6 Å². The molecule has 4 rings (SSSR count). The molecule has 2 heterocycles. The predicted octanol–water partition coefficient (Wildman–Crippen LogP) is 4.66. The van der Waals surface area contributed by atoms with Gasteiger partial charge in [-0.15, -0.1) is 0 Å². The minimum absolute atomic E-state index is 0.111. The number of anilines is 1. The molecule has 0 unspecified atom stereocenters. The maximum absolute atomic E-state index is 13.8. The number of aromatic nitrogens is 1. The second-order valence-electron chi connectivity index (χ2n) is 6.65. The van der Waals surface area contributed by atoms with Gasteiger partial charge in [-0.05, 0) is 18.2 Å². The van der Waals surface area contributed by atoms with Crippen molar-refractivity contribution >= 4 is 33.3 Å². The summed E-state index contributed by atoms with van der Waals surface area (Å²) in [5.74, 6) is -0.743. The molecule has 0 bridgehead atoms. The number of amides is 2. The number of piperidine rings is 1. The van der Waals surface area contributed by atoms with Crippen molar-refractivity contribution in [2.45, 2.75) is 18.9 Å². The van der Waals surface area contributed by atoms with Crippen LogP contribution in [0.2, 0.25) is 0 Å². The minimum Gasteiger partial charge on any atom is -0.495 e. The molecule has 1 aromatic heterocycles. The molecule has 0 saturated carbocycles. The largest absolute Gasteiger partial charge is 0.495 e. The highest BCUT2D eigenvalue weighted by Crippen LogP contribution is 2.32. The summed E-state index contributed by atoms with van der Waals surface area (Å²) < 4.78 is 38.7. The molecule has 2 amide bonds. The van der Waals surface area contributed by atoms with Crippen molar-refractivity contribution in [3.63, 3.8) is 0 Å². The number of para-hydroxylation sites is 2. The Hall–Kier alpha value is -2.94. The average Bonchev–Trinajstić information content (AvgIpc) is 3.11. The number of nitrogens with zero attached hydrogens (tertiary/aromatic N) is 2. The maximum Gasteiger partial charge on any atom is 0.321 e. The van der Waals surface area contributed by atoms with E-state index in [0.717, 1.165) is 17.4 Å². The number of urea groups is 1. The van der Waals surface area contributed by atoms with Gasteiger partial charge in [0, 0.05) is 32.0 Å². The molecule has 3 aromatic rings. The van der Waals surface area contributed by atoms with Crippen LogP contribution in [-0.4, -0.2) is 42.2 Å². The Morgan fingerprint density at radius 3 is 2.76 bits per heavy atom. The quantitative estimate of drug-likeness (QED) is 0.668. The van der Waals surface area contributed by atoms with E-state index < -0.39 is 11.6 Å². The van der Waals surface area contributed by atoms with Gasteiger partial charge in [-0.3, -0.25) is 0 Å². The number of fused-ring (bicyclic) bond motifs is 1. The van der Waals surface area contributed by atoms with E-state index in [-0.39, 0.29) is 17.7 Å². The number of halogens is 2. The van der Waals surface area contributed by atoms with Gasteiger partial charge in [-0.25, -0.2) is 13.6 Å². The van der Waals surface area contributed by atoms with Crippen LogP contribution in [0.4, 0.5) is 19.3 Å². The normalized spacial score (nSPS) is 14.8. The van der Waals surface area contributed by atoms with Gasteiger partial charge in [0.2, 0.25) is 0 Å². The zero-order chi connectivity index (χ0) is 20.4. The van der Waals surface area contributed by atoms with Crippen molar-refractivity contribution in [1.29, 1.82) is 0 Å². The van der Waals surface area contributed by atoms with Crippen molar-refractivity contribution in [2.75, 3.05) is 25.5 Å². The summed E-state index contributed by atoms with van der Waals surface area (Å²) in [5, 5.41) is 3.17. The Kier molecular flexibility index (Phi) is 5.48. The fourth-order valence-corrected chi connectivity index (χ4v) is 4.17. The van der Waals surface area contributed by atoms with Crippen LogP contribution in [0.5, 0.6) is 10.9 Å². The van der Waals surface area contributed by atoms with Crippen LogP contribution >= 0.6 is 11.3 Å². The van der Waals surface area contributed by atoms with Gasteiger partial charge < -0.3 is 19.7 Å². The van der Waals surface area contributed by atoms with Crippen LogP contribution in [0.15, 0.2) is 36.4 Å². The van der Waals surface area contributed by atoms with Gasteiger partial charge in [0.05, 0.1) is 17.5 Å². The maximum atomic E-state index is 13.8. The first-order valence-electron chi connectivity index (χ1n) is 9.14. The van der Waals surface area contributed by atoms with E-state index in [1.54, 1.807) is 24.1 Å². The average molecular weight is 419 g/mol. The van der Waals surface area contributed by atoms with E-state index in [4.69, 9.17) is 9.47 Å². The molecule has 2 aromatic carbocycles. The van der Waals surface area contributed by atoms with Gasteiger partial charge in [0.1, 0.15) is 23.2 Å². The van der Waals surface area contributed by atoms with E-state index in [0.29, 0.717) is 47.3 Å². The first kappa shape index (κ1) is 19.4. The molecule has 0 atom stereocenters. The third-order valence-electron chi connectivity index (χ3n) is 4.74. The third kappa shape index (κ3) is 4.24. The molecule has 29 heavy (non-hydrogen) atoms. The predicted molar refractivity (Wildman–Crippen MR) is 107 cm³/mol. The summed E-state index contributed by atoms with van der Waals surface area (Å²) in [7, 11) is 1.55. The van der Waals surface area contributed by atoms with Crippen LogP contribution in [0.1, 0.15) is 12.8 Å². The van der Waals surface area contributed by atoms with Gasteiger partial charge in [0.15, 0.2) is 5.82 Å². The van der Waals surface area contributed by atoms with E-state index in [1.165, 1.54) is 6.07 Å². The molecule has 1 N–H and O–H groups in total.